The van der Waals surface area contributed by atoms with Gasteiger partial charge in [-0.1, -0.05) is 19.9 Å². The lowest BCUT2D eigenvalue weighted by Gasteiger charge is -2.05. The summed E-state index contributed by atoms with van der Waals surface area (Å²) in [5, 5.41) is 0. The number of hydrogen-bond acceptors (Lipinski definition) is 2. The van der Waals surface area contributed by atoms with Gasteiger partial charge in [-0.3, -0.25) is 4.98 Å². The molecule has 13 heavy (non-hydrogen) atoms. The predicted molar refractivity (Wildman–Crippen MR) is 53.3 cm³/mol. The minimum Gasteiger partial charge on any atom is -0.375 e. The first-order valence-electron chi connectivity index (χ1n) is 4.76. The van der Waals surface area contributed by atoms with Crippen LogP contribution in [0.2, 0.25) is 0 Å². The quantitative estimate of drug-likeness (QED) is 0.648. The SMILES string of the molecule is CC(C)CCOCc1ccccn1. The van der Waals surface area contributed by atoms with E-state index in [4.69, 9.17) is 4.74 Å². The summed E-state index contributed by atoms with van der Waals surface area (Å²) in [6.07, 6.45) is 2.91. The molecule has 0 fully saturated rings. The molecule has 0 radical (unpaired) electrons. The summed E-state index contributed by atoms with van der Waals surface area (Å²) >= 11 is 0. The molecule has 0 N–H and O–H groups in total. The van der Waals surface area contributed by atoms with Crippen LogP contribution in [0.25, 0.3) is 0 Å². The van der Waals surface area contributed by atoms with Crippen molar-refractivity contribution in [1.29, 1.82) is 0 Å². The molecule has 0 spiro atoms. The van der Waals surface area contributed by atoms with Gasteiger partial charge in [0.05, 0.1) is 12.3 Å². The molecular formula is C11H17NO. The molecule has 2 nitrogen and oxygen atoms in total. The Bertz CT molecular complexity index is 221. The third-order valence-electron chi connectivity index (χ3n) is 1.82. The highest BCUT2D eigenvalue weighted by Gasteiger charge is 1.95. The van der Waals surface area contributed by atoms with E-state index in [9.17, 15) is 0 Å². The van der Waals surface area contributed by atoms with Crippen molar-refractivity contribution in [3.05, 3.63) is 30.1 Å². The highest BCUT2D eigenvalue weighted by atomic mass is 16.5. The van der Waals surface area contributed by atoms with Crippen molar-refractivity contribution in [2.45, 2.75) is 26.9 Å². The first kappa shape index (κ1) is 10.2. The molecule has 0 aliphatic carbocycles. The summed E-state index contributed by atoms with van der Waals surface area (Å²) in [7, 11) is 0. The van der Waals surface area contributed by atoms with E-state index in [0.717, 1.165) is 18.7 Å². The maximum absolute atomic E-state index is 5.47. The van der Waals surface area contributed by atoms with Gasteiger partial charge in [-0.25, -0.2) is 0 Å². The number of hydrogen-bond donors (Lipinski definition) is 0. The van der Waals surface area contributed by atoms with Crippen molar-refractivity contribution in [3.8, 4) is 0 Å². The third kappa shape index (κ3) is 4.63. The molecule has 72 valence electrons. The number of pyridine rings is 1. The van der Waals surface area contributed by atoms with Crippen LogP contribution in [0.15, 0.2) is 24.4 Å². The van der Waals surface area contributed by atoms with Gasteiger partial charge in [-0.05, 0) is 24.5 Å². The van der Waals surface area contributed by atoms with E-state index in [1.807, 2.05) is 18.2 Å². The largest absolute Gasteiger partial charge is 0.375 e. The summed E-state index contributed by atoms with van der Waals surface area (Å²) < 4.78 is 5.47. The minimum atomic E-state index is 0.632. The van der Waals surface area contributed by atoms with Crippen molar-refractivity contribution in [2.75, 3.05) is 6.61 Å². The van der Waals surface area contributed by atoms with Crippen molar-refractivity contribution in [2.24, 2.45) is 5.92 Å². The van der Waals surface area contributed by atoms with E-state index < -0.39 is 0 Å². The average molecular weight is 179 g/mol. The third-order valence-corrected chi connectivity index (χ3v) is 1.82. The molecule has 0 saturated heterocycles. The Hall–Kier alpha value is -0.890. The van der Waals surface area contributed by atoms with Crippen LogP contribution in [0, 0.1) is 5.92 Å². The van der Waals surface area contributed by atoms with Gasteiger partial charge in [0.15, 0.2) is 0 Å². The minimum absolute atomic E-state index is 0.632. The topological polar surface area (TPSA) is 22.1 Å². The van der Waals surface area contributed by atoms with Crippen LogP contribution in [0.3, 0.4) is 0 Å². The Balaban J connectivity index is 2.13. The first-order valence-corrected chi connectivity index (χ1v) is 4.76. The zero-order chi connectivity index (χ0) is 9.52. The van der Waals surface area contributed by atoms with Crippen molar-refractivity contribution < 1.29 is 4.74 Å². The Morgan fingerprint density at radius 3 is 2.85 bits per heavy atom. The van der Waals surface area contributed by atoms with Crippen LogP contribution in [0.4, 0.5) is 0 Å². The van der Waals surface area contributed by atoms with Gasteiger partial charge in [0.25, 0.3) is 0 Å². The zero-order valence-electron chi connectivity index (χ0n) is 8.36. The molecule has 0 aliphatic rings. The van der Waals surface area contributed by atoms with E-state index in [1.54, 1.807) is 6.20 Å². The number of ether oxygens (including phenoxy) is 1. The predicted octanol–water partition coefficient (Wildman–Crippen LogP) is 2.64. The van der Waals surface area contributed by atoms with Gasteiger partial charge in [0.2, 0.25) is 0 Å². The highest BCUT2D eigenvalue weighted by molar-refractivity contribution is 5.01. The second-order valence-corrected chi connectivity index (χ2v) is 3.56. The van der Waals surface area contributed by atoms with Crippen LogP contribution in [-0.2, 0) is 11.3 Å². The van der Waals surface area contributed by atoms with Crippen molar-refractivity contribution in [3.63, 3.8) is 0 Å². The fourth-order valence-electron chi connectivity index (χ4n) is 0.979. The number of rotatable bonds is 5. The van der Waals surface area contributed by atoms with Crippen LogP contribution in [0.5, 0.6) is 0 Å². The maximum atomic E-state index is 5.47. The summed E-state index contributed by atoms with van der Waals surface area (Å²) in [5.41, 5.74) is 1.01. The average Bonchev–Trinajstić information content (AvgIpc) is 2.14. The van der Waals surface area contributed by atoms with Gasteiger partial charge in [-0.2, -0.15) is 0 Å². The Kier molecular flexibility index (Phi) is 4.47. The van der Waals surface area contributed by atoms with Crippen LogP contribution >= 0.6 is 0 Å². The Labute approximate surface area is 80.0 Å². The second-order valence-electron chi connectivity index (χ2n) is 3.56. The lowest BCUT2D eigenvalue weighted by atomic mass is 10.1. The smallest absolute Gasteiger partial charge is 0.0887 e. The molecule has 1 heterocycles. The van der Waals surface area contributed by atoms with Gasteiger partial charge in [-0.15, -0.1) is 0 Å². The molecule has 0 aromatic carbocycles. The molecular weight excluding hydrogens is 162 g/mol. The molecule has 0 amide bonds. The van der Waals surface area contributed by atoms with Crippen LogP contribution in [0.1, 0.15) is 26.0 Å². The standard InChI is InChI=1S/C11H17NO/c1-10(2)6-8-13-9-11-5-3-4-7-12-11/h3-5,7,10H,6,8-9H2,1-2H3. The van der Waals surface area contributed by atoms with E-state index in [2.05, 4.69) is 18.8 Å². The molecule has 1 aromatic heterocycles. The molecule has 0 bridgehead atoms. The fraction of sp³-hybridized carbons (Fsp3) is 0.545. The number of aromatic nitrogens is 1. The summed E-state index contributed by atoms with van der Waals surface area (Å²) in [4.78, 5) is 4.17. The maximum Gasteiger partial charge on any atom is 0.0887 e. The molecule has 0 unspecified atom stereocenters. The molecule has 0 aliphatic heterocycles. The monoisotopic (exact) mass is 179 g/mol. The van der Waals surface area contributed by atoms with E-state index in [1.165, 1.54) is 0 Å². The van der Waals surface area contributed by atoms with Crippen molar-refractivity contribution in [1.82, 2.24) is 4.98 Å². The summed E-state index contributed by atoms with van der Waals surface area (Å²) in [6.45, 7) is 5.86. The summed E-state index contributed by atoms with van der Waals surface area (Å²) in [6, 6.07) is 5.88. The molecule has 1 aromatic rings. The van der Waals surface area contributed by atoms with Crippen LogP contribution < -0.4 is 0 Å². The summed E-state index contributed by atoms with van der Waals surface area (Å²) in [5.74, 6) is 0.712. The molecule has 2 heteroatoms. The van der Waals surface area contributed by atoms with E-state index in [0.29, 0.717) is 12.5 Å². The van der Waals surface area contributed by atoms with Crippen LogP contribution in [-0.4, -0.2) is 11.6 Å². The Morgan fingerprint density at radius 2 is 2.23 bits per heavy atom. The lowest BCUT2D eigenvalue weighted by Crippen LogP contribution is -2.00. The lowest BCUT2D eigenvalue weighted by molar-refractivity contribution is 0.108. The Morgan fingerprint density at radius 1 is 1.38 bits per heavy atom. The van der Waals surface area contributed by atoms with Crippen molar-refractivity contribution >= 4 is 0 Å². The highest BCUT2D eigenvalue weighted by Crippen LogP contribution is 2.01. The molecule has 0 atom stereocenters. The van der Waals surface area contributed by atoms with E-state index in [-0.39, 0.29) is 0 Å². The fourth-order valence-corrected chi connectivity index (χ4v) is 0.979. The molecule has 1 rings (SSSR count). The first-order chi connectivity index (χ1) is 6.29. The van der Waals surface area contributed by atoms with Gasteiger partial charge in [0, 0.05) is 12.8 Å². The van der Waals surface area contributed by atoms with E-state index >= 15 is 0 Å². The number of nitrogens with zero attached hydrogens (tertiary/aromatic N) is 1. The van der Waals surface area contributed by atoms with Gasteiger partial charge >= 0.3 is 0 Å². The second kappa shape index (κ2) is 5.70. The van der Waals surface area contributed by atoms with Gasteiger partial charge in [0.1, 0.15) is 0 Å². The zero-order valence-corrected chi connectivity index (χ0v) is 8.36. The molecule has 0 saturated carbocycles. The normalized spacial score (nSPS) is 10.7. The van der Waals surface area contributed by atoms with Gasteiger partial charge < -0.3 is 4.74 Å².